The minimum absolute atomic E-state index is 0.0188. The zero-order valence-corrected chi connectivity index (χ0v) is 8.54. The third-order valence-electron chi connectivity index (χ3n) is 2.01. The topological polar surface area (TPSA) is 120 Å². The second kappa shape index (κ2) is 3.29. The molecule has 1 aromatic heterocycles. The average molecular weight is 242 g/mol. The predicted octanol–water partition coefficient (Wildman–Crippen LogP) is -0.537. The maximum absolute atomic E-state index is 11.3. The van der Waals surface area contributed by atoms with Crippen molar-refractivity contribution in [3.8, 4) is 0 Å². The van der Waals surface area contributed by atoms with Gasteiger partial charge >= 0.3 is 5.69 Å². The summed E-state index contributed by atoms with van der Waals surface area (Å²) in [5, 5.41) is -0.0188. The number of fused-ring (bicyclic) bond motifs is 1. The third-order valence-corrected chi connectivity index (χ3v) is 2.91. The molecule has 1 aromatic carbocycles. The van der Waals surface area contributed by atoms with Crippen LogP contribution in [0.25, 0.3) is 10.9 Å². The predicted molar refractivity (Wildman–Crippen MR) is 55.0 cm³/mol. The Hall–Kier alpha value is -1.93. The van der Waals surface area contributed by atoms with Crippen LogP contribution in [0.5, 0.6) is 0 Å². The first-order valence-electron chi connectivity index (χ1n) is 4.12. The van der Waals surface area contributed by atoms with Crippen LogP contribution in [-0.4, -0.2) is 22.9 Å². The summed E-state index contributed by atoms with van der Waals surface area (Å²) in [5.41, 5.74) is -1.77. The van der Waals surface area contributed by atoms with Gasteiger partial charge in [0.25, 0.3) is 15.7 Å². The fourth-order valence-electron chi connectivity index (χ4n) is 1.38. The highest BCUT2D eigenvalue weighted by Gasteiger charge is 2.15. The first kappa shape index (κ1) is 10.6. The fourth-order valence-corrected chi connectivity index (χ4v) is 2.05. The monoisotopic (exact) mass is 242 g/mol. The Morgan fingerprint density at radius 3 is 2.44 bits per heavy atom. The molecule has 2 rings (SSSR count). The van der Waals surface area contributed by atoms with Crippen LogP contribution < -0.4 is 11.2 Å². The summed E-state index contributed by atoms with van der Waals surface area (Å²) < 4.78 is 30.9. The second-order valence-corrected chi connectivity index (χ2v) is 4.45. The van der Waals surface area contributed by atoms with E-state index in [2.05, 4.69) is 4.98 Å². The van der Waals surface area contributed by atoms with Crippen molar-refractivity contribution in [2.75, 3.05) is 0 Å². The standard InChI is InChI=1S/C8H6N2O5S/c11-7-4-2-1-3-5(16(13,14)15)6(4)9-8(12)10-7/h1-3H,(H,13,14,15)(H2,9,10,11,12). The number of aromatic amines is 2. The molecule has 0 atom stereocenters. The number of benzene rings is 1. The van der Waals surface area contributed by atoms with Crippen molar-refractivity contribution < 1.29 is 13.0 Å². The van der Waals surface area contributed by atoms with E-state index in [1.807, 2.05) is 4.98 Å². The van der Waals surface area contributed by atoms with Gasteiger partial charge in [0, 0.05) is 0 Å². The van der Waals surface area contributed by atoms with Gasteiger partial charge in [-0.05, 0) is 12.1 Å². The first-order valence-corrected chi connectivity index (χ1v) is 5.56. The van der Waals surface area contributed by atoms with Crippen LogP contribution in [0.2, 0.25) is 0 Å². The number of nitrogens with one attached hydrogen (secondary N) is 2. The molecule has 0 saturated carbocycles. The molecular weight excluding hydrogens is 236 g/mol. The van der Waals surface area contributed by atoms with Gasteiger partial charge in [-0.1, -0.05) is 6.07 Å². The van der Waals surface area contributed by atoms with Gasteiger partial charge in [0.2, 0.25) is 0 Å². The summed E-state index contributed by atoms with van der Waals surface area (Å²) in [6, 6.07) is 3.71. The molecule has 0 aliphatic rings. The van der Waals surface area contributed by atoms with Gasteiger partial charge in [-0.15, -0.1) is 0 Å². The summed E-state index contributed by atoms with van der Waals surface area (Å²) in [4.78, 5) is 25.9. The SMILES string of the molecule is O=c1[nH]c(=O)c2cccc(S(=O)(=O)O)c2[nH]1. The Bertz CT molecular complexity index is 771. The maximum Gasteiger partial charge on any atom is 0.326 e. The molecule has 0 spiro atoms. The van der Waals surface area contributed by atoms with Crippen LogP contribution in [0.3, 0.4) is 0 Å². The Morgan fingerprint density at radius 2 is 1.81 bits per heavy atom. The van der Waals surface area contributed by atoms with Gasteiger partial charge in [0.05, 0.1) is 10.9 Å². The highest BCUT2D eigenvalue weighted by Crippen LogP contribution is 2.16. The average Bonchev–Trinajstić information content (AvgIpc) is 2.15. The van der Waals surface area contributed by atoms with E-state index < -0.39 is 26.3 Å². The minimum Gasteiger partial charge on any atom is -0.305 e. The van der Waals surface area contributed by atoms with Gasteiger partial charge < -0.3 is 4.98 Å². The Morgan fingerprint density at radius 1 is 1.12 bits per heavy atom. The molecule has 0 fully saturated rings. The smallest absolute Gasteiger partial charge is 0.305 e. The minimum atomic E-state index is -4.49. The van der Waals surface area contributed by atoms with E-state index in [0.717, 1.165) is 6.07 Å². The summed E-state index contributed by atoms with van der Waals surface area (Å²) >= 11 is 0. The van der Waals surface area contributed by atoms with Crippen molar-refractivity contribution in [1.82, 2.24) is 9.97 Å². The summed E-state index contributed by atoms with van der Waals surface area (Å²) in [7, 11) is -4.49. The van der Waals surface area contributed by atoms with Crippen molar-refractivity contribution in [3.05, 3.63) is 39.0 Å². The molecule has 84 valence electrons. The first-order chi connectivity index (χ1) is 7.39. The molecule has 2 aromatic rings. The Balaban J connectivity index is 3.11. The van der Waals surface area contributed by atoms with Gasteiger partial charge in [-0.25, -0.2) is 4.79 Å². The zero-order valence-electron chi connectivity index (χ0n) is 7.72. The largest absolute Gasteiger partial charge is 0.326 e. The van der Waals surface area contributed by atoms with Crippen LogP contribution in [0.1, 0.15) is 0 Å². The molecule has 0 radical (unpaired) electrons. The van der Waals surface area contributed by atoms with Crippen LogP contribution in [0, 0.1) is 0 Å². The highest BCUT2D eigenvalue weighted by atomic mass is 32.2. The lowest BCUT2D eigenvalue weighted by atomic mass is 10.2. The van der Waals surface area contributed by atoms with Crippen molar-refractivity contribution in [3.63, 3.8) is 0 Å². The number of rotatable bonds is 1. The highest BCUT2D eigenvalue weighted by molar-refractivity contribution is 7.86. The van der Waals surface area contributed by atoms with Gasteiger partial charge in [0.1, 0.15) is 4.90 Å². The number of hydrogen-bond acceptors (Lipinski definition) is 4. The van der Waals surface area contributed by atoms with Gasteiger partial charge in [-0.3, -0.25) is 14.3 Å². The lowest BCUT2D eigenvalue weighted by Crippen LogP contribution is -2.22. The summed E-state index contributed by atoms with van der Waals surface area (Å²) in [6.07, 6.45) is 0. The normalized spacial score (nSPS) is 11.8. The number of H-pyrrole nitrogens is 2. The molecule has 0 aliphatic heterocycles. The molecule has 0 bridgehead atoms. The maximum atomic E-state index is 11.3. The van der Waals surface area contributed by atoms with E-state index in [9.17, 15) is 18.0 Å². The molecule has 7 nitrogen and oxygen atoms in total. The van der Waals surface area contributed by atoms with Crippen LogP contribution >= 0.6 is 0 Å². The Labute approximate surface area is 88.5 Å². The van der Waals surface area contributed by atoms with Crippen molar-refractivity contribution >= 4 is 21.0 Å². The van der Waals surface area contributed by atoms with E-state index in [-0.39, 0.29) is 10.9 Å². The molecular formula is C8H6N2O5S. The van der Waals surface area contributed by atoms with Crippen molar-refractivity contribution in [1.29, 1.82) is 0 Å². The molecule has 16 heavy (non-hydrogen) atoms. The molecule has 0 aliphatic carbocycles. The van der Waals surface area contributed by atoms with Gasteiger partial charge in [-0.2, -0.15) is 8.42 Å². The van der Waals surface area contributed by atoms with E-state index in [1.54, 1.807) is 0 Å². The Kier molecular flexibility index (Phi) is 2.17. The van der Waals surface area contributed by atoms with E-state index in [1.165, 1.54) is 12.1 Å². The van der Waals surface area contributed by atoms with E-state index in [4.69, 9.17) is 4.55 Å². The number of aromatic nitrogens is 2. The fraction of sp³-hybridized carbons (Fsp3) is 0. The van der Waals surface area contributed by atoms with Crippen molar-refractivity contribution in [2.24, 2.45) is 0 Å². The van der Waals surface area contributed by atoms with Gasteiger partial charge in [0.15, 0.2) is 0 Å². The zero-order chi connectivity index (χ0) is 11.9. The molecule has 8 heteroatoms. The molecule has 3 N–H and O–H groups in total. The lowest BCUT2D eigenvalue weighted by molar-refractivity contribution is 0.484. The second-order valence-electron chi connectivity index (χ2n) is 3.06. The number of para-hydroxylation sites is 1. The molecule has 0 saturated heterocycles. The molecule has 1 heterocycles. The summed E-state index contributed by atoms with van der Waals surface area (Å²) in [5.74, 6) is 0. The third kappa shape index (κ3) is 1.64. The molecule has 0 unspecified atom stereocenters. The van der Waals surface area contributed by atoms with E-state index >= 15 is 0 Å². The van der Waals surface area contributed by atoms with Crippen molar-refractivity contribution in [2.45, 2.75) is 4.90 Å². The van der Waals surface area contributed by atoms with E-state index in [0.29, 0.717) is 0 Å². The lowest BCUT2D eigenvalue weighted by Gasteiger charge is -2.01. The van der Waals surface area contributed by atoms with Crippen LogP contribution in [0.4, 0.5) is 0 Å². The molecule has 0 amide bonds. The summed E-state index contributed by atoms with van der Waals surface area (Å²) in [6.45, 7) is 0. The number of hydrogen-bond donors (Lipinski definition) is 3. The quantitative estimate of drug-likeness (QED) is 0.580. The van der Waals surface area contributed by atoms with Crippen LogP contribution in [0.15, 0.2) is 32.7 Å². The van der Waals surface area contributed by atoms with Crippen LogP contribution in [-0.2, 0) is 10.1 Å².